The van der Waals surface area contributed by atoms with Gasteiger partial charge in [-0.25, -0.2) is 4.98 Å². The van der Waals surface area contributed by atoms with Gasteiger partial charge in [0, 0.05) is 30.6 Å². The van der Waals surface area contributed by atoms with Crippen LogP contribution >= 0.6 is 11.3 Å². The van der Waals surface area contributed by atoms with Crippen LogP contribution in [0, 0.1) is 0 Å². The summed E-state index contributed by atoms with van der Waals surface area (Å²) < 4.78 is 0. The number of aryl methyl sites for hydroxylation is 1. The van der Waals surface area contributed by atoms with Crippen molar-refractivity contribution in [2.45, 2.75) is 31.8 Å². The second-order valence-corrected chi connectivity index (χ2v) is 4.96. The Morgan fingerprint density at radius 2 is 2.64 bits per heavy atom. The molecule has 3 rings (SSSR count). The third kappa shape index (κ3) is 1.25. The molecule has 3 nitrogen and oxygen atoms in total. The lowest BCUT2D eigenvalue weighted by atomic mass is 10.2. The molecule has 2 aliphatic heterocycles. The highest BCUT2D eigenvalue weighted by atomic mass is 32.1. The molecule has 2 bridgehead atoms. The summed E-state index contributed by atoms with van der Waals surface area (Å²) in [6, 6.07) is 1.42. The van der Waals surface area contributed by atoms with Crippen molar-refractivity contribution in [2.24, 2.45) is 0 Å². The van der Waals surface area contributed by atoms with Crippen LogP contribution in [0.1, 0.15) is 19.0 Å². The van der Waals surface area contributed by atoms with Crippen molar-refractivity contribution < 1.29 is 0 Å². The first-order chi connectivity index (χ1) is 6.86. The van der Waals surface area contributed by atoms with E-state index in [0.717, 1.165) is 19.5 Å². The highest BCUT2D eigenvalue weighted by Crippen LogP contribution is 2.31. The van der Waals surface area contributed by atoms with Crippen LogP contribution in [0.15, 0.2) is 5.38 Å². The third-order valence-corrected chi connectivity index (χ3v) is 4.13. The van der Waals surface area contributed by atoms with Crippen LogP contribution in [0.3, 0.4) is 0 Å². The normalized spacial score (nSPS) is 30.2. The van der Waals surface area contributed by atoms with Gasteiger partial charge in [0.25, 0.3) is 0 Å². The number of piperazine rings is 1. The molecule has 0 spiro atoms. The van der Waals surface area contributed by atoms with Gasteiger partial charge >= 0.3 is 0 Å². The van der Waals surface area contributed by atoms with Gasteiger partial charge in [0.15, 0.2) is 5.13 Å². The Bertz CT molecular complexity index is 336. The Hall–Kier alpha value is -0.610. The number of anilines is 1. The van der Waals surface area contributed by atoms with Crippen LogP contribution in [0.25, 0.3) is 0 Å². The molecular weight excluding hydrogens is 194 g/mol. The van der Waals surface area contributed by atoms with Crippen LogP contribution in [0.5, 0.6) is 0 Å². The van der Waals surface area contributed by atoms with Crippen molar-refractivity contribution in [1.29, 1.82) is 0 Å². The van der Waals surface area contributed by atoms with E-state index in [1.807, 2.05) is 0 Å². The monoisotopic (exact) mass is 209 g/mol. The van der Waals surface area contributed by atoms with Crippen molar-refractivity contribution in [2.75, 3.05) is 18.0 Å². The van der Waals surface area contributed by atoms with Crippen LogP contribution in [0.2, 0.25) is 0 Å². The Morgan fingerprint density at radius 1 is 1.71 bits per heavy atom. The maximum atomic E-state index is 4.65. The van der Waals surface area contributed by atoms with Gasteiger partial charge in [-0.05, 0) is 12.8 Å². The first kappa shape index (κ1) is 8.68. The Kier molecular flexibility index (Phi) is 1.99. The van der Waals surface area contributed by atoms with Crippen LogP contribution in [-0.2, 0) is 6.42 Å². The molecule has 2 saturated heterocycles. The lowest BCUT2D eigenvalue weighted by Crippen LogP contribution is -2.43. The largest absolute Gasteiger partial charge is 0.342 e. The molecular formula is C10H15N3S. The van der Waals surface area contributed by atoms with E-state index in [0.29, 0.717) is 12.1 Å². The molecule has 4 heteroatoms. The van der Waals surface area contributed by atoms with Gasteiger partial charge in [0.1, 0.15) is 0 Å². The zero-order chi connectivity index (χ0) is 9.54. The molecule has 2 atom stereocenters. The van der Waals surface area contributed by atoms with Crippen molar-refractivity contribution in [3.05, 3.63) is 11.1 Å². The van der Waals surface area contributed by atoms with Crippen molar-refractivity contribution in [3.8, 4) is 0 Å². The van der Waals surface area contributed by atoms with Crippen molar-refractivity contribution in [3.63, 3.8) is 0 Å². The SMILES string of the molecule is CCc1csc(N2CC3CC2CN3)n1. The Balaban J connectivity index is 1.82. The summed E-state index contributed by atoms with van der Waals surface area (Å²) in [5.74, 6) is 0. The molecule has 2 fully saturated rings. The maximum Gasteiger partial charge on any atom is 0.185 e. The third-order valence-electron chi connectivity index (χ3n) is 3.20. The number of nitrogens with zero attached hydrogens (tertiary/aromatic N) is 2. The first-order valence-electron chi connectivity index (χ1n) is 5.31. The topological polar surface area (TPSA) is 28.2 Å². The first-order valence-corrected chi connectivity index (χ1v) is 6.19. The van der Waals surface area contributed by atoms with E-state index in [4.69, 9.17) is 0 Å². The standard InChI is InChI=1S/C10H15N3S/c1-2-7-6-14-10(12-7)13-5-8-3-9(13)4-11-8/h6,8-9,11H,2-5H2,1H3. The predicted octanol–water partition coefficient (Wildman–Crippen LogP) is 1.26. The maximum absolute atomic E-state index is 4.65. The average molecular weight is 209 g/mol. The number of thiazole rings is 1. The summed E-state index contributed by atoms with van der Waals surface area (Å²) in [7, 11) is 0. The molecule has 2 unspecified atom stereocenters. The summed E-state index contributed by atoms with van der Waals surface area (Å²) in [6.07, 6.45) is 2.36. The highest BCUT2D eigenvalue weighted by Gasteiger charge is 2.38. The summed E-state index contributed by atoms with van der Waals surface area (Å²) in [6.45, 7) is 4.46. The Labute approximate surface area is 88.1 Å². The lowest BCUT2D eigenvalue weighted by molar-refractivity contribution is 0.579. The fraction of sp³-hybridized carbons (Fsp3) is 0.700. The molecule has 2 aliphatic rings. The van der Waals surface area contributed by atoms with E-state index in [-0.39, 0.29) is 0 Å². The van der Waals surface area contributed by atoms with Gasteiger partial charge in [-0.15, -0.1) is 11.3 Å². The summed E-state index contributed by atoms with van der Waals surface area (Å²) >= 11 is 1.80. The van der Waals surface area contributed by atoms with Crippen LogP contribution in [0.4, 0.5) is 5.13 Å². The van der Waals surface area contributed by atoms with Crippen molar-refractivity contribution in [1.82, 2.24) is 10.3 Å². The molecule has 0 aromatic carbocycles. The molecule has 76 valence electrons. The number of hydrogen-bond acceptors (Lipinski definition) is 4. The summed E-state index contributed by atoms with van der Waals surface area (Å²) in [5, 5.41) is 6.93. The molecule has 1 aromatic rings. The number of hydrogen-bond donors (Lipinski definition) is 1. The van der Waals surface area contributed by atoms with Crippen LogP contribution < -0.4 is 10.2 Å². The van der Waals surface area contributed by atoms with Crippen molar-refractivity contribution >= 4 is 16.5 Å². The van der Waals surface area contributed by atoms with E-state index < -0.39 is 0 Å². The Morgan fingerprint density at radius 3 is 3.21 bits per heavy atom. The number of fused-ring (bicyclic) bond motifs is 2. The minimum atomic E-state index is 0.704. The molecule has 0 saturated carbocycles. The average Bonchev–Trinajstić information content (AvgIpc) is 2.93. The highest BCUT2D eigenvalue weighted by molar-refractivity contribution is 7.13. The van der Waals surface area contributed by atoms with Gasteiger partial charge in [0.2, 0.25) is 0 Å². The van der Waals surface area contributed by atoms with E-state index in [9.17, 15) is 0 Å². The number of rotatable bonds is 2. The quantitative estimate of drug-likeness (QED) is 0.794. The van der Waals surface area contributed by atoms with E-state index in [2.05, 4.69) is 27.5 Å². The van der Waals surface area contributed by atoms with Gasteiger partial charge in [0.05, 0.1) is 5.69 Å². The van der Waals surface area contributed by atoms with E-state index in [1.54, 1.807) is 11.3 Å². The molecule has 1 aromatic heterocycles. The lowest BCUT2D eigenvalue weighted by Gasteiger charge is -2.26. The second kappa shape index (κ2) is 3.21. The van der Waals surface area contributed by atoms with Gasteiger partial charge < -0.3 is 10.2 Å². The summed E-state index contributed by atoms with van der Waals surface area (Å²) in [4.78, 5) is 7.12. The van der Waals surface area contributed by atoms with Gasteiger partial charge in [-0.3, -0.25) is 0 Å². The second-order valence-electron chi connectivity index (χ2n) is 4.12. The predicted molar refractivity (Wildman–Crippen MR) is 59.0 cm³/mol. The molecule has 3 heterocycles. The van der Waals surface area contributed by atoms with Crippen LogP contribution in [-0.4, -0.2) is 30.2 Å². The fourth-order valence-corrected chi connectivity index (χ4v) is 3.38. The molecule has 14 heavy (non-hydrogen) atoms. The van der Waals surface area contributed by atoms with E-state index >= 15 is 0 Å². The summed E-state index contributed by atoms with van der Waals surface area (Å²) in [5.41, 5.74) is 1.24. The minimum Gasteiger partial charge on any atom is -0.342 e. The number of aromatic nitrogens is 1. The molecule has 0 radical (unpaired) electrons. The molecule has 0 aliphatic carbocycles. The minimum absolute atomic E-state index is 0.704. The smallest absolute Gasteiger partial charge is 0.185 e. The molecule has 1 N–H and O–H groups in total. The fourth-order valence-electron chi connectivity index (χ4n) is 2.39. The zero-order valence-corrected chi connectivity index (χ0v) is 9.18. The molecule has 0 amide bonds. The van der Waals surface area contributed by atoms with E-state index in [1.165, 1.54) is 17.2 Å². The van der Waals surface area contributed by atoms with Gasteiger partial charge in [-0.1, -0.05) is 6.92 Å². The van der Waals surface area contributed by atoms with Gasteiger partial charge in [-0.2, -0.15) is 0 Å². The zero-order valence-electron chi connectivity index (χ0n) is 8.36. The number of nitrogens with one attached hydrogen (secondary N) is 1.